The highest BCUT2D eigenvalue weighted by molar-refractivity contribution is 7.85. The Labute approximate surface area is 93.0 Å². The average Bonchev–Trinajstić information content (AvgIpc) is 2.15. The maximum atomic E-state index is 10.6. The standard InChI is InChI=1S/C11H21O3S/c1-10(7-8-15(12,13)14)9-11-5-3-2-4-6-11/h11H,2-9H2,1H3,(H,12,13,14). The summed E-state index contributed by atoms with van der Waals surface area (Å²) in [6, 6.07) is 0. The van der Waals surface area contributed by atoms with Crippen LogP contribution >= 0.6 is 0 Å². The van der Waals surface area contributed by atoms with Crippen LogP contribution in [0.2, 0.25) is 0 Å². The van der Waals surface area contributed by atoms with E-state index in [1.165, 1.54) is 38.0 Å². The van der Waals surface area contributed by atoms with Gasteiger partial charge in [-0.3, -0.25) is 4.55 Å². The van der Waals surface area contributed by atoms with Crippen LogP contribution in [0.25, 0.3) is 0 Å². The monoisotopic (exact) mass is 233 g/mol. The maximum absolute atomic E-state index is 10.6. The lowest BCUT2D eigenvalue weighted by molar-refractivity contribution is 0.341. The van der Waals surface area contributed by atoms with E-state index in [4.69, 9.17) is 4.55 Å². The van der Waals surface area contributed by atoms with Gasteiger partial charge in [-0.15, -0.1) is 0 Å². The second-order valence-electron chi connectivity index (χ2n) is 4.70. The molecule has 15 heavy (non-hydrogen) atoms. The molecule has 0 unspecified atom stereocenters. The van der Waals surface area contributed by atoms with Crippen LogP contribution in [0.4, 0.5) is 0 Å². The second-order valence-corrected chi connectivity index (χ2v) is 6.27. The fourth-order valence-electron chi connectivity index (χ4n) is 2.29. The fourth-order valence-corrected chi connectivity index (χ4v) is 2.90. The van der Waals surface area contributed by atoms with Crippen molar-refractivity contribution < 1.29 is 13.0 Å². The molecule has 1 aliphatic rings. The van der Waals surface area contributed by atoms with Crippen molar-refractivity contribution in [3.05, 3.63) is 5.92 Å². The van der Waals surface area contributed by atoms with E-state index < -0.39 is 10.1 Å². The van der Waals surface area contributed by atoms with Gasteiger partial charge in [0.15, 0.2) is 0 Å². The zero-order chi connectivity index (χ0) is 11.3. The molecule has 1 saturated carbocycles. The summed E-state index contributed by atoms with van der Waals surface area (Å²) in [5.74, 6) is 1.84. The molecule has 0 heterocycles. The van der Waals surface area contributed by atoms with Crippen molar-refractivity contribution in [3.8, 4) is 0 Å². The van der Waals surface area contributed by atoms with Crippen LogP contribution in [-0.4, -0.2) is 18.7 Å². The summed E-state index contributed by atoms with van der Waals surface area (Å²) >= 11 is 0. The van der Waals surface area contributed by atoms with Crippen molar-refractivity contribution in [2.24, 2.45) is 5.92 Å². The zero-order valence-electron chi connectivity index (χ0n) is 9.41. The molecule has 1 radical (unpaired) electrons. The van der Waals surface area contributed by atoms with Gasteiger partial charge in [0.2, 0.25) is 0 Å². The molecule has 0 aromatic heterocycles. The van der Waals surface area contributed by atoms with Crippen molar-refractivity contribution in [1.82, 2.24) is 0 Å². The molecular formula is C11H21O3S. The van der Waals surface area contributed by atoms with Gasteiger partial charge in [0.05, 0.1) is 5.75 Å². The predicted octanol–water partition coefficient (Wildman–Crippen LogP) is 2.83. The van der Waals surface area contributed by atoms with E-state index in [1.807, 2.05) is 6.92 Å². The molecule has 4 heteroatoms. The average molecular weight is 233 g/mol. The lowest BCUT2D eigenvalue weighted by atomic mass is 9.83. The Hall–Kier alpha value is -0.0900. The first-order valence-corrected chi connectivity index (χ1v) is 7.35. The minimum Gasteiger partial charge on any atom is -0.286 e. The molecule has 0 aromatic rings. The highest BCUT2D eigenvalue weighted by Gasteiger charge is 2.17. The third-order valence-electron chi connectivity index (χ3n) is 3.15. The molecule has 0 amide bonds. The lowest BCUT2D eigenvalue weighted by Gasteiger charge is -2.24. The van der Waals surface area contributed by atoms with Gasteiger partial charge < -0.3 is 0 Å². The smallest absolute Gasteiger partial charge is 0.264 e. The third kappa shape index (κ3) is 6.15. The predicted molar refractivity (Wildman–Crippen MR) is 61.1 cm³/mol. The number of hydrogen-bond acceptors (Lipinski definition) is 2. The molecule has 0 bridgehead atoms. The first-order chi connectivity index (χ1) is 6.97. The Morgan fingerprint density at radius 2 is 1.87 bits per heavy atom. The SMILES string of the molecule is C[C](CCS(=O)(=O)O)CC1CCCCC1. The number of hydrogen-bond donors (Lipinski definition) is 1. The van der Waals surface area contributed by atoms with E-state index in [2.05, 4.69) is 0 Å². The summed E-state index contributed by atoms with van der Waals surface area (Å²) in [5, 5.41) is 0. The second kappa shape index (κ2) is 5.85. The summed E-state index contributed by atoms with van der Waals surface area (Å²) in [4.78, 5) is 0. The van der Waals surface area contributed by atoms with Crippen LogP contribution in [0, 0.1) is 11.8 Å². The minimum absolute atomic E-state index is 0.119. The van der Waals surface area contributed by atoms with Crippen molar-refractivity contribution in [1.29, 1.82) is 0 Å². The van der Waals surface area contributed by atoms with Gasteiger partial charge in [0.25, 0.3) is 10.1 Å². The van der Waals surface area contributed by atoms with Gasteiger partial charge in [-0.25, -0.2) is 0 Å². The molecule has 1 N–H and O–H groups in total. The van der Waals surface area contributed by atoms with E-state index >= 15 is 0 Å². The lowest BCUT2D eigenvalue weighted by Crippen LogP contribution is -2.12. The Bertz CT molecular complexity index is 266. The quantitative estimate of drug-likeness (QED) is 0.743. The van der Waals surface area contributed by atoms with Crippen LogP contribution < -0.4 is 0 Å². The molecule has 0 spiro atoms. The topological polar surface area (TPSA) is 54.4 Å². The summed E-state index contributed by atoms with van der Waals surface area (Å²) in [7, 11) is -3.78. The van der Waals surface area contributed by atoms with Gasteiger partial charge in [0.1, 0.15) is 0 Å². The highest BCUT2D eigenvalue weighted by Crippen LogP contribution is 2.30. The largest absolute Gasteiger partial charge is 0.286 e. The Morgan fingerprint density at radius 3 is 2.40 bits per heavy atom. The van der Waals surface area contributed by atoms with Gasteiger partial charge in [-0.2, -0.15) is 8.42 Å². The van der Waals surface area contributed by atoms with E-state index in [0.29, 0.717) is 6.42 Å². The van der Waals surface area contributed by atoms with Crippen LogP contribution in [0.1, 0.15) is 51.9 Å². The molecule has 0 saturated heterocycles. The van der Waals surface area contributed by atoms with E-state index in [1.54, 1.807) is 0 Å². The zero-order valence-corrected chi connectivity index (χ0v) is 10.2. The molecule has 89 valence electrons. The molecule has 1 fully saturated rings. The Balaban J connectivity index is 2.20. The van der Waals surface area contributed by atoms with Crippen LogP contribution in [-0.2, 0) is 10.1 Å². The van der Waals surface area contributed by atoms with Crippen LogP contribution in [0.5, 0.6) is 0 Å². The fraction of sp³-hybridized carbons (Fsp3) is 0.909. The molecular weight excluding hydrogens is 212 g/mol. The molecule has 0 aromatic carbocycles. The van der Waals surface area contributed by atoms with Crippen LogP contribution in [0.15, 0.2) is 0 Å². The summed E-state index contributed by atoms with van der Waals surface area (Å²) in [5.41, 5.74) is 0. The van der Waals surface area contributed by atoms with E-state index in [-0.39, 0.29) is 5.75 Å². The summed E-state index contributed by atoms with van der Waals surface area (Å²) < 4.78 is 29.8. The van der Waals surface area contributed by atoms with Gasteiger partial charge in [-0.05, 0) is 24.7 Å². The van der Waals surface area contributed by atoms with Gasteiger partial charge in [0, 0.05) is 0 Å². The van der Waals surface area contributed by atoms with Gasteiger partial charge in [-0.1, -0.05) is 39.0 Å². The third-order valence-corrected chi connectivity index (χ3v) is 3.87. The molecule has 3 nitrogen and oxygen atoms in total. The molecule has 0 aliphatic heterocycles. The summed E-state index contributed by atoms with van der Waals surface area (Å²) in [6.07, 6.45) is 8.09. The highest BCUT2D eigenvalue weighted by atomic mass is 32.2. The normalized spacial score (nSPS) is 19.7. The van der Waals surface area contributed by atoms with E-state index in [9.17, 15) is 8.42 Å². The Morgan fingerprint density at radius 1 is 1.27 bits per heavy atom. The van der Waals surface area contributed by atoms with Crippen molar-refractivity contribution >= 4 is 10.1 Å². The summed E-state index contributed by atoms with van der Waals surface area (Å²) in [6.45, 7) is 2.00. The minimum atomic E-state index is -3.78. The Kier molecular flexibility index (Phi) is 5.06. The van der Waals surface area contributed by atoms with Crippen LogP contribution in [0.3, 0.4) is 0 Å². The van der Waals surface area contributed by atoms with E-state index in [0.717, 1.165) is 12.3 Å². The first-order valence-electron chi connectivity index (χ1n) is 5.74. The molecule has 1 rings (SSSR count). The molecule has 1 aliphatic carbocycles. The van der Waals surface area contributed by atoms with Crippen molar-refractivity contribution in [2.75, 3.05) is 5.75 Å². The van der Waals surface area contributed by atoms with Crippen molar-refractivity contribution in [2.45, 2.75) is 51.9 Å². The van der Waals surface area contributed by atoms with Gasteiger partial charge >= 0.3 is 0 Å². The molecule has 0 atom stereocenters. The van der Waals surface area contributed by atoms with Crippen molar-refractivity contribution in [3.63, 3.8) is 0 Å². The first kappa shape index (κ1) is 13.0. The maximum Gasteiger partial charge on any atom is 0.264 e. The number of rotatable bonds is 5.